The van der Waals surface area contributed by atoms with Crippen LogP contribution < -0.4 is 5.73 Å². The van der Waals surface area contributed by atoms with E-state index < -0.39 is 0 Å². The molecule has 0 bridgehead atoms. The van der Waals surface area contributed by atoms with Gasteiger partial charge in [-0.3, -0.25) is 0 Å². The fourth-order valence-electron chi connectivity index (χ4n) is 1.96. The molecule has 0 aromatic heterocycles. The van der Waals surface area contributed by atoms with Gasteiger partial charge in [-0.1, -0.05) is 18.6 Å². The van der Waals surface area contributed by atoms with Crippen LogP contribution in [-0.2, 0) is 0 Å². The van der Waals surface area contributed by atoms with Gasteiger partial charge < -0.3 is 10.8 Å². The Hall–Kier alpha value is -0.730. The van der Waals surface area contributed by atoms with Crippen molar-refractivity contribution in [2.24, 2.45) is 11.7 Å². The summed E-state index contributed by atoms with van der Waals surface area (Å²) in [5.41, 5.74) is 8.21. The minimum atomic E-state index is 0. The van der Waals surface area contributed by atoms with Crippen LogP contribution in [-0.4, -0.2) is 5.11 Å². The number of phenolic OH excluding ortho intramolecular Hbond substituents is 1. The predicted molar refractivity (Wildman–Crippen MR) is 64.4 cm³/mol. The van der Waals surface area contributed by atoms with E-state index in [1.807, 2.05) is 19.1 Å². The van der Waals surface area contributed by atoms with Crippen molar-refractivity contribution in [3.8, 4) is 5.75 Å². The summed E-state index contributed by atoms with van der Waals surface area (Å²) in [5, 5.41) is 9.39. The maximum atomic E-state index is 9.39. The van der Waals surface area contributed by atoms with E-state index in [4.69, 9.17) is 5.73 Å². The first-order chi connectivity index (χ1) is 6.68. The Morgan fingerprint density at radius 1 is 1.40 bits per heavy atom. The Morgan fingerprint density at radius 2 is 2.07 bits per heavy atom. The van der Waals surface area contributed by atoms with Gasteiger partial charge in [0.2, 0.25) is 0 Å². The molecule has 1 atom stereocenters. The zero-order chi connectivity index (χ0) is 10.1. The number of hydrogen-bond donors (Lipinski definition) is 2. The summed E-state index contributed by atoms with van der Waals surface area (Å²) >= 11 is 0. The topological polar surface area (TPSA) is 46.2 Å². The summed E-state index contributed by atoms with van der Waals surface area (Å²) in [6.45, 7) is 1.91. The van der Waals surface area contributed by atoms with Crippen LogP contribution in [0.5, 0.6) is 5.75 Å². The number of halogens is 1. The normalized spacial score (nSPS) is 17.7. The van der Waals surface area contributed by atoms with Crippen LogP contribution in [0.15, 0.2) is 18.2 Å². The second-order valence-electron chi connectivity index (χ2n) is 4.26. The van der Waals surface area contributed by atoms with Crippen LogP contribution in [0.2, 0.25) is 0 Å². The van der Waals surface area contributed by atoms with E-state index in [0.29, 0.717) is 11.7 Å². The first kappa shape index (κ1) is 12.3. The first-order valence-electron chi connectivity index (χ1n) is 5.23. The van der Waals surface area contributed by atoms with Crippen molar-refractivity contribution >= 4 is 12.4 Å². The lowest BCUT2D eigenvalue weighted by Crippen LogP contribution is -2.26. The molecule has 0 amide bonds. The third-order valence-electron chi connectivity index (χ3n) is 3.26. The van der Waals surface area contributed by atoms with E-state index in [1.54, 1.807) is 6.07 Å². The molecule has 1 aliphatic carbocycles. The van der Waals surface area contributed by atoms with Crippen molar-refractivity contribution in [1.82, 2.24) is 0 Å². The molecular weight excluding hydrogens is 210 g/mol. The van der Waals surface area contributed by atoms with Crippen LogP contribution in [0.3, 0.4) is 0 Å². The van der Waals surface area contributed by atoms with Gasteiger partial charge in [0.25, 0.3) is 0 Å². The quantitative estimate of drug-likeness (QED) is 0.816. The molecule has 3 N–H and O–H groups in total. The largest absolute Gasteiger partial charge is 0.508 e. The smallest absolute Gasteiger partial charge is 0.118 e. The highest BCUT2D eigenvalue weighted by molar-refractivity contribution is 5.85. The predicted octanol–water partition coefficient (Wildman–Crippen LogP) is 2.92. The zero-order valence-electron chi connectivity index (χ0n) is 8.94. The van der Waals surface area contributed by atoms with E-state index in [-0.39, 0.29) is 18.4 Å². The lowest BCUT2D eigenvalue weighted by atomic mass is 9.77. The number of phenols is 1. The van der Waals surface area contributed by atoms with E-state index >= 15 is 0 Å². The first-order valence-corrected chi connectivity index (χ1v) is 5.23. The molecular formula is C12H18ClNO. The summed E-state index contributed by atoms with van der Waals surface area (Å²) in [7, 11) is 0. The average Bonchev–Trinajstić information content (AvgIpc) is 2.06. The van der Waals surface area contributed by atoms with Gasteiger partial charge in [0.1, 0.15) is 5.75 Å². The highest BCUT2D eigenvalue weighted by atomic mass is 35.5. The second kappa shape index (κ2) is 4.86. The van der Waals surface area contributed by atoms with Crippen molar-refractivity contribution in [3.63, 3.8) is 0 Å². The summed E-state index contributed by atoms with van der Waals surface area (Å²) < 4.78 is 0. The SMILES string of the molecule is Cc1cc([C@@H](N)C2CCC2)ccc1O.Cl. The van der Waals surface area contributed by atoms with Gasteiger partial charge in [-0.25, -0.2) is 0 Å². The van der Waals surface area contributed by atoms with Crippen molar-refractivity contribution < 1.29 is 5.11 Å². The molecule has 2 nitrogen and oxygen atoms in total. The number of aryl methyl sites for hydroxylation is 1. The number of aromatic hydroxyl groups is 1. The second-order valence-corrected chi connectivity index (χ2v) is 4.26. The molecule has 0 aliphatic heterocycles. The van der Waals surface area contributed by atoms with Gasteiger partial charge in [-0.15, -0.1) is 12.4 Å². The minimum Gasteiger partial charge on any atom is -0.508 e. The van der Waals surface area contributed by atoms with E-state index in [1.165, 1.54) is 19.3 Å². The molecule has 84 valence electrons. The molecule has 1 aromatic rings. The molecule has 0 radical (unpaired) electrons. The van der Waals surface area contributed by atoms with Crippen LogP contribution in [0.1, 0.15) is 36.4 Å². The highest BCUT2D eigenvalue weighted by Gasteiger charge is 2.25. The van der Waals surface area contributed by atoms with Gasteiger partial charge in [-0.05, 0) is 42.9 Å². The van der Waals surface area contributed by atoms with Gasteiger partial charge in [-0.2, -0.15) is 0 Å². The number of nitrogens with two attached hydrogens (primary N) is 1. The molecule has 15 heavy (non-hydrogen) atoms. The number of rotatable bonds is 2. The van der Waals surface area contributed by atoms with E-state index in [0.717, 1.165) is 11.1 Å². The van der Waals surface area contributed by atoms with Gasteiger partial charge in [0, 0.05) is 6.04 Å². The standard InChI is InChI=1S/C12H17NO.ClH/c1-8-7-10(5-6-11(8)14)12(13)9-3-2-4-9;/h5-7,9,12,14H,2-4,13H2,1H3;1H/t12-;/m0./s1. The highest BCUT2D eigenvalue weighted by Crippen LogP contribution is 2.36. The molecule has 2 rings (SSSR count). The Bertz CT molecular complexity index is 336. The lowest BCUT2D eigenvalue weighted by molar-refractivity contribution is 0.264. The average molecular weight is 228 g/mol. The molecule has 1 saturated carbocycles. The van der Waals surface area contributed by atoms with Crippen molar-refractivity contribution in [1.29, 1.82) is 0 Å². The fourth-order valence-corrected chi connectivity index (χ4v) is 1.96. The molecule has 0 heterocycles. The van der Waals surface area contributed by atoms with E-state index in [9.17, 15) is 5.11 Å². The molecule has 0 spiro atoms. The van der Waals surface area contributed by atoms with Crippen LogP contribution in [0.25, 0.3) is 0 Å². The third-order valence-corrected chi connectivity index (χ3v) is 3.26. The fraction of sp³-hybridized carbons (Fsp3) is 0.500. The Labute approximate surface area is 96.9 Å². The minimum absolute atomic E-state index is 0. The maximum Gasteiger partial charge on any atom is 0.118 e. The third kappa shape index (κ3) is 2.44. The summed E-state index contributed by atoms with van der Waals surface area (Å²) in [6.07, 6.45) is 3.82. The maximum absolute atomic E-state index is 9.39. The molecule has 1 fully saturated rings. The molecule has 1 aromatic carbocycles. The summed E-state index contributed by atoms with van der Waals surface area (Å²) in [4.78, 5) is 0. The Kier molecular flexibility index (Phi) is 4.00. The van der Waals surface area contributed by atoms with E-state index in [2.05, 4.69) is 0 Å². The van der Waals surface area contributed by atoms with Crippen LogP contribution in [0, 0.1) is 12.8 Å². The van der Waals surface area contributed by atoms with Gasteiger partial charge >= 0.3 is 0 Å². The Balaban J connectivity index is 0.00000112. The number of hydrogen-bond acceptors (Lipinski definition) is 2. The molecule has 1 aliphatic rings. The van der Waals surface area contributed by atoms with Crippen molar-refractivity contribution in [3.05, 3.63) is 29.3 Å². The summed E-state index contributed by atoms with van der Waals surface area (Å²) in [5.74, 6) is 1.01. The lowest BCUT2D eigenvalue weighted by Gasteiger charge is -2.31. The van der Waals surface area contributed by atoms with Crippen molar-refractivity contribution in [2.75, 3.05) is 0 Å². The molecule has 0 saturated heterocycles. The van der Waals surface area contributed by atoms with Crippen LogP contribution in [0.4, 0.5) is 0 Å². The van der Waals surface area contributed by atoms with Crippen molar-refractivity contribution in [2.45, 2.75) is 32.2 Å². The van der Waals surface area contributed by atoms with Gasteiger partial charge in [0.05, 0.1) is 0 Å². The number of benzene rings is 1. The zero-order valence-corrected chi connectivity index (χ0v) is 9.76. The monoisotopic (exact) mass is 227 g/mol. The summed E-state index contributed by atoms with van der Waals surface area (Å²) in [6, 6.07) is 5.83. The van der Waals surface area contributed by atoms with Gasteiger partial charge in [0.15, 0.2) is 0 Å². The molecule has 3 heteroatoms. The Morgan fingerprint density at radius 3 is 2.53 bits per heavy atom. The molecule has 0 unspecified atom stereocenters. The van der Waals surface area contributed by atoms with Crippen LogP contribution >= 0.6 is 12.4 Å².